The van der Waals surface area contributed by atoms with Crippen LogP contribution in [0.3, 0.4) is 0 Å². The van der Waals surface area contributed by atoms with E-state index in [2.05, 4.69) is 4.74 Å². The van der Waals surface area contributed by atoms with E-state index in [1.807, 2.05) is 0 Å². The van der Waals surface area contributed by atoms with E-state index in [1.165, 1.54) is 12.0 Å². The lowest BCUT2D eigenvalue weighted by Gasteiger charge is -2.39. The summed E-state index contributed by atoms with van der Waals surface area (Å²) < 4.78 is 4.47. The van der Waals surface area contributed by atoms with E-state index >= 15 is 0 Å². The predicted octanol–water partition coefficient (Wildman–Crippen LogP) is -1.50. The summed E-state index contributed by atoms with van der Waals surface area (Å²) in [5, 5.41) is 0. The molecule has 1 atom stereocenters. The first kappa shape index (κ1) is 9.79. The van der Waals surface area contributed by atoms with Crippen LogP contribution >= 0.6 is 0 Å². The van der Waals surface area contributed by atoms with Crippen molar-refractivity contribution in [1.82, 2.24) is 4.90 Å². The van der Waals surface area contributed by atoms with Crippen molar-refractivity contribution in [2.75, 3.05) is 20.2 Å². The number of hydrogen-bond acceptors (Lipinski definition) is 4. The van der Waals surface area contributed by atoms with Crippen LogP contribution in [0, 0.1) is 5.92 Å². The molecule has 4 N–H and O–H groups in total. The zero-order chi connectivity index (χ0) is 10.0. The number of nitrogens with two attached hydrogens (primary N) is 2. The van der Waals surface area contributed by atoms with Crippen molar-refractivity contribution in [3.05, 3.63) is 0 Å². The molecule has 13 heavy (non-hydrogen) atoms. The second-order valence-corrected chi connectivity index (χ2v) is 3.06. The van der Waals surface area contributed by atoms with E-state index in [-0.39, 0.29) is 5.92 Å². The maximum absolute atomic E-state index is 10.9. The van der Waals surface area contributed by atoms with Gasteiger partial charge < -0.3 is 21.1 Å². The quantitative estimate of drug-likeness (QED) is 0.549. The van der Waals surface area contributed by atoms with Crippen LogP contribution in [0.25, 0.3) is 0 Å². The normalized spacial score (nSPS) is 19.1. The molecule has 0 saturated carbocycles. The molecule has 0 aromatic rings. The largest absolute Gasteiger partial charge is 0.453 e. The fraction of sp³-hybridized carbons (Fsp3) is 0.714. The number of ether oxygens (including phenoxy) is 1. The molecule has 1 aliphatic heterocycles. The molecule has 0 spiro atoms. The van der Waals surface area contributed by atoms with Crippen molar-refractivity contribution < 1.29 is 14.3 Å². The van der Waals surface area contributed by atoms with E-state index in [1.54, 1.807) is 0 Å². The van der Waals surface area contributed by atoms with Crippen molar-refractivity contribution in [3.8, 4) is 0 Å². The van der Waals surface area contributed by atoms with Crippen molar-refractivity contribution >= 4 is 12.0 Å². The Hall–Kier alpha value is -1.30. The molecule has 74 valence electrons. The number of hydrogen-bond donors (Lipinski definition) is 2. The number of amides is 2. The van der Waals surface area contributed by atoms with E-state index < -0.39 is 18.0 Å². The van der Waals surface area contributed by atoms with E-state index in [0.29, 0.717) is 13.1 Å². The summed E-state index contributed by atoms with van der Waals surface area (Å²) in [6, 6.07) is -0.666. The van der Waals surface area contributed by atoms with Crippen LogP contribution in [-0.4, -0.2) is 43.1 Å². The Bertz CT molecular complexity index is 225. The van der Waals surface area contributed by atoms with Gasteiger partial charge in [-0.05, 0) is 0 Å². The number of primary amides is 1. The number of carbonyl (C=O) groups excluding carboxylic acids is 2. The topological polar surface area (TPSA) is 98.7 Å². The van der Waals surface area contributed by atoms with Crippen LogP contribution < -0.4 is 11.5 Å². The lowest BCUT2D eigenvalue weighted by atomic mass is 9.92. The van der Waals surface area contributed by atoms with Gasteiger partial charge >= 0.3 is 6.09 Å². The molecule has 2 amide bonds. The van der Waals surface area contributed by atoms with Gasteiger partial charge in [-0.2, -0.15) is 0 Å². The predicted molar refractivity (Wildman–Crippen MR) is 44.6 cm³/mol. The number of methoxy groups -OCH3 is 1. The third kappa shape index (κ3) is 1.89. The van der Waals surface area contributed by atoms with Crippen LogP contribution in [0.2, 0.25) is 0 Å². The molecule has 6 heteroatoms. The molecule has 0 radical (unpaired) electrons. The lowest BCUT2D eigenvalue weighted by Crippen LogP contribution is -2.59. The summed E-state index contributed by atoms with van der Waals surface area (Å²) in [6.45, 7) is 0.882. The summed E-state index contributed by atoms with van der Waals surface area (Å²) >= 11 is 0. The van der Waals surface area contributed by atoms with Gasteiger partial charge in [0.2, 0.25) is 5.91 Å². The monoisotopic (exact) mass is 187 g/mol. The van der Waals surface area contributed by atoms with Gasteiger partial charge in [0.25, 0.3) is 0 Å². The molecular formula is C7H13N3O3. The van der Waals surface area contributed by atoms with Crippen LogP contribution in [0.15, 0.2) is 0 Å². The molecule has 0 aromatic heterocycles. The van der Waals surface area contributed by atoms with Crippen LogP contribution in [0.5, 0.6) is 0 Å². The molecule has 1 heterocycles. The first-order valence-electron chi connectivity index (χ1n) is 3.94. The highest BCUT2D eigenvalue weighted by Crippen LogP contribution is 2.18. The first-order valence-corrected chi connectivity index (χ1v) is 3.94. The lowest BCUT2D eigenvalue weighted by molar-refractivity contribution is -0.121. The highest BCUT2D eigenvalue weighted by Gasteiger charge is 2.37. The van der Waals surface area contributed by atoms with E-state index in [9.17, 15) is 9.59 Å². The standard InChI is InChI=1S/C7H13N3O3/c1-13-7(12)10-2-4(3-10)5(8)6(9)11/h4-5H,2-3,8H2,1H3,(H2,9,11). The molecule has 6 nitrogen and oxygen atoms in total. The van der Waals surface area contributed by atoms with Crippen molar-refractivity contribution in [3.63, 3.8) is 0 Å². The summed E-state index contributed by atoms with van der Waals surface area (Å²) in [6.07, 6.45) is -0.395. The number of likely N-dealkylation sites (tertiary alicyclic amines) is 1. The van der Waals surface area contributed by atoms with Gasteiger partial charge in [-0.1, -0.05) is 0 Å². The van der Waals surface area contributed by atoms with Crippen LogP contribution in [0.1, 0.15) is 0 Å². The van der Waals surface area contributed by atoms with Crippen LogP contribution in [0.4, 0.5) is 4.79 Å². The Morgan fingerprint density at radius 2 is 2.08 bits per heavy atom. The van der Waals surface area contributed by atoms with Crippen molar-refractivity contribution in [1.29, 1.82) is 0 Å². The fourth-order valence-electron chi connectivity index (χ4n) is 1.25. The highest BCUT2D eigenvalue weighted by molar-refractivity contribution is 5.80. The van der Waals surface area contributed by atoms with E-state index in [4.69, 9.17) is 11.5 Å². The third-order valence-corrected chi connectivity index (χ3v) is 2.18. The van der Waals surface area contributed by atoms with E-state index in [0.717, 1.165) is 0 Å². The molecular weight excluding hydrogens is 174 g/mol. The average molecular weight is 187 g/mol. The second kappa shape index (κ2) is 3.61. The minimum atomic E-state index is -0.666. The zero-order valence-corrected chi connectivity index (χ0v) is 7.40. The molecule has 1 aliphatic rings. The smallest absolute Gasteiger partial charge is 0.409 e. The SMILES string of the molecule is COC(=O)N1CC(C(N)C(N)=O)C1. The third-order valence-electron chi connectivity index (χ3n) is 2.18. The molecule has 1 fully saturated rings. The van der Waals surface area contributed by atoms with Gasteiger partial charge in [0, 0.05) is 19.0 Å². The van der Waals surface area contributed by atoms with Gasteiger partial charge in [0.15, 0.2) is 0 Å². The van der Waals surface area contributed by atoms with Crippen molar-refractivity contribution in [2.45, 2.75) is 6.04 Å². The molecule has 1 rings (SSSR count). The first-order chi connectivity index (χ1) is 6.06. The molecule has 0 aliphatic carbocycles. The molecule has 0 aromatic carbocycles. The maximum atomic E-state index is 10.9. The van der Waals surface area contributed by atoms with Gasteiger partial charge in [-0.3, -0.25) is 4.79 Å². The van der Waals surface area contributed by atoms with Crippen molar-refractivity contribution in [2.24, 2.45) is 17.4 Å². The van der Waals surface area contributed by atoms with Crippen LogP contribution in [-0.2, 0) is 9.53 Å². The minimum Gasteiger partial charge on any atom is -0.453 e. The maximum Gasteiger partial charge on any atom is 0.409 e. The van der Waals surface area contributed by atoms with Gasteiger partial charge in [0.1, 0.15) is 0 Å². The fourth-order valence-corrected chi connectivity index (χ4v) is 1.25. The summed E-state index contributed by atoms with van der Waals surface area (Å²) in [4.78, 5) is 23.0. The molecule has 0 bridgehead atoms. The molecule has 1 saturated heterocycles. The Morgan fingerprint density at radius 1 is 1.54 bits per heavy atom. The summed E-state index contributed by atoms with van der Waals surface area (Å²) in [5.41, 5.74) is 10.5. The Balaban J connectivity index is 2.33. The summed E-state index contributed by atoms with van der Waals surface area (Å²) in [5.74, 6) is -0.564. The highest BCUT2D eigenvalue weighted by atomic mass is 16.5. The number of nitrogens with zero attached hydrogens (tertiary/aromatic N) is 1. The second-order valence-electron chi connectivity index (χ2n) is 3.06. The molecule has 1 unspecified atom stereocenters. The van der Waals surface area contributed by atoms with Gasteiger partial charge in [-0.15, -0.1) is 0 Å². The number of rotatable bonds is 2. The van der Waals surface area contributed by atoms with Gasteiger partial charge in [0.05, 0.1) is 13.2 Å². The zero-order valence-electron chi connectivity index (χ0n) is 7.40. The minimum absolute atomic E-state index is 0.0309. The summed E-state index contributed by atoms with van der Waals surface area (Å²) in [7, 11) is 1.31. The average Bonchev–Trinajstić information content (AvgIpc) is 2.00. The Labute approximate surface area is 75.8 Å². The number of carbonyl (C=O) groups is 2. The Morgan fingerprint density at radius 3 is 2.46 bits per heavy atom. The van der Waals surface area contributed by atoms with Gasteiger partial charge in [-0.25, -0.2) is 4.79 Å². The Kier molecular flexibility index (Phi) is 2.72.